The van der Waals surface area contributed by atoms with Crippen molar-refractivity contribution in [1.82, 2.24) is 0 Å². The van der Waals surface area contributed by atoms with Gasteiger partial charge in [-0.2, -0.15) is 16.8 Å². The van der Waals surface area contributed by atoms with Crippen molar-refractivity contribution in [1.29, 1.82) is 0 Å². The van der Waals surface area contributed by atoms with Gasteiger partial charge in [-0.05, 0) is 119 Å². The highest BCUT2D eigenvalue weighted by Gasteiger charge is 2.24. The first kappa shape index (κ1) is 40.9. The van der Waals surface area contributed by atoms with E-state index < -0.39 is 64.4 Å². The normalized spacial score (nSPS) is 12.1. The van der Waals surface area contributed by atoms with Crippen molar-refractivity contribution in [3.05, 3.63) is 146 Å². The van der Waals surface area contributed by atoms with Crippen LogP contribution in [-0.2, 0) is 20.2 Å². The van der Waals surface area contributed by atoms with Crippen LogP contribution in [0.4, 0.5) is 45.5 Å². The molecule has 0 saturated carbocycles. The summed E-state index contributed by atoms with van der Waals surface area (Å²) in [6.45, 7) is 0. The van der Waals surface area contributed by atoms with E-state index in [2.05, 4.69) is 31.1 Å². The minimum Gasteiger partial charge on any atom is -0.506 e. The molecule has 8 aromatic carbocycles. The molecule has 8 N–H and O–H groups in total. The number of nitrogens with one attached hydrogen (secondary N) is 2. The number of hydrogen-bond acceptors (Lipinski definition) is 14. The second-order valence-electron chi connectivity index (χ2n) is 13.8. The number of rotatable bonds is 11. The first-order chi connectivity index (χ1) is 29.6. The zero-order valence-electron chi connectivity index (χ0n) is 31.8. The molecule has 0 aromatic heterocycles. The molecule has 0 heterocycles. The molecule has 0 fully saturated rings. The highest BCUT2D eigenvalue weighted by molar-refractivity contribution is 7.86. The molecule has 62 heavy (non-hydrogen) atoms. The SMILES string of the molecule is O=S(=O)(O)c1cc2cc(Nc3ccccc3)ccc2c(O)c1N=Nc1ccc(-c2ccc(N=Nc3c(S(=O)(=O)O)cc4cc(Nc5ccccc5)ccc4c3O)c(O)c2)cc1O. The van der Waals surface area contributed by atoms with Crippen LogP contribution < -0.4 is 10.6 Å². The Morgan fingerprint density at radius 1 is 0.403 bits per heavy atom. The molecule has 0 saturated heterocycles. The highest BCUT2D eigenvalue weighted by atomic mass is 32.2. The fraction of sp³-hybridized carbons (Fsp3) is 0. The number of fused-ring (bicyclic) bond motifs is 2. The van der Waals surface area contributed by atoms with Crippen molar-refractivity contribution in [2.45, 2.75) is 9.79 Å². The molecule has 16 nitrogen and oxygen atoms in total. The van der Waals surface area contributed by atoms with Crippen LogP contribution in [-0.4, -0.2) is 46.4 Å². The van der Waals surface area contributed by atoms with Gasteiger partial charge in [0, 0.05) is 33.5 Å². The number of azo groups is 2. The van der Waals surface area contributed by atoms with Crippen LogP contribution in [0, 0.1) is 0 Å². The van der Waals surface area contributed by atoms with Gasteiger partial charge >= 0.3 is 0 Å². The van der Waals surface area contributed by atoms with Gasteiger partial charge in [0.15, 0.2) is 11.5 Å². The topological polar surface area (TPSA) is 263 Å². The highest BCUT2D eigenvalue weighted by Crippen LogP contribution is 2.45. The molecule has 18 heteroatoms. The third-order valence-corrected chi connectivity index (χ3v) is 11.3. The first-order valence-electron chi connectivity index (χ1n) is 18.3. The van der Waals surface area contributed by atoms with E-state index in [9.17, 15) is 46.4 Å². The molecular weight excluding hydrogens is 837 g/mol. The largest absolute Gasteiger partial charge is 0.506 e. The van der Waals surface area contributed by atoms with Crippen molar-refractivity contribution < 1.29 is 46.4 Å². The van der Waals surface area contributed by atoms with Crippen molar-refractivity contribution in [3.63, 3.8) is 0 Å². The molecule has 0 atom stereocenters. The van der Waals surface area contributed by atoms with Crippen molar-refractivity contribution in [3.8, 4) is 34.1 Å². The Bertz CT molecular complexity index is 3130. The summed E-state index contributed by atoms with van der Waals surface area (Å²) in [5.74, 6) is -2.01. The Labute approximate surface area is 353 Å². The van der Waals surface area contributed by atoms with Crippen LogP contribution in [0.25, 0.3) is 32.7 Å². The summed E-state index contributed by atoms with van der Waals surface area (Å²) >= 11 is 0. The number of hydrogen-bond donors (Lipinski definition) is 8. The summed E-state index contributed by atoms with van der Waals surface area (Å²) in [6.07, 6.45) is 0. The smallest absolute Gasteiger partial charge is 0.296 e. The van der Waals surface area contributed by atoms with Crippen LogP contribution in [0.3, 0.4) is 0 Å². The molecule has 0 bridgehead atoms. The zero-order chi connectivity index (χ0) is 43.8. The maximum absolute atomic E-state index is 12.4. The molecule has 0 aliphatic carbocycles. The number of aromatic hydroxyl groups is 4. The monoisotopic (exact) mass is 868 g/mol. The van der Waals surface area contributed by atoms with Crippen LogP contribution in [0.15, 0.2) is 176 Å². The third-order valence-electron chi connectivity index (χ3n) is 9.58. The van der Waals surface area contributed by atoms with Gasteiger partial charge in [-0.1, -0.05) is 48.5 Å². The zero-order valence-corrected chi connectivity index (χ0v) is 33.4. The molecular formula is C44H32N6O10S2. The number of phenols is 4. The van der Waals surface area contributed by atoms with Gasteiger partial charge in [-0.3, -0.25) is 9.11 Å². The predicted molar refractivity (Wildman–Crippen MR) is 234 cm³/mol. The number of anilines is 4. The van der Waals surface area contributed by atoms with Crippen LogP contribution >= 0.6 is 0 Å². The van der Waals surface area contributed by atoms with E-state index in [-0.39, 0.29) is 32.9 Å². The van der Waals surface area contributed by atoms with Gasteiger partial charge in [-0.15, -0.1) is 20.5 Å². The molecule has 8 rings (SSSR count). The number of benzene rings is 8. The van der Waals surface area contributed by atoms with Gasteiger partial charge in [0.05, 0.1) is 0 Å². The second kappa shape index (κ2) is 16.3. The molecule has 0 radical (unpaired) electrons. The van der Waals surface area contributed by atoms with E-state index in [1.54, 1.807) is 36.4 Å². The Kier molecular flexibility index (Phi) is 10.7. The van der Waals surface area contributed by atoms with Gasteiger partial charge in [0.2, 0.25) is 0 Å². The lowest BCUT2D eigenvalue weighted by atomic mass is 10.0. The summed E-state index contributed by atoms with van der Waals surface area (Å²) in [5.41, 5.74) is 2.04. The summed E-state index contributed by atoms with van der Waals surface area (Å²) < 4.78 is 69.9. The van der Waals surface area contributed by atoms with E-state index in [0.717, 1.165) is 23.5 Å². The minimum atomic E-state index is -4.92. The quantitative estimate of drug-likeness (QED) is 0.0446. The molecule has 0 spiro atoms. The Balaban J connectivity index is 1.05. The van der Waals surface area contributed by atoms with Crippen molar-refractivity contribution in [2.75, 3.05) is 10.6 Å². The van der Waals surface area contributed by atoms with Crippen molar-refractivity contribution >= 4 is 87.3 Å². The van der Waals surface area contributed by atoms with Gasteiger partial charge in [0.1, 0.15) is 44.0 Å². The van der Waals surface area contributed by atoms with Crippen molar-refractivity contribution in [2.24, 2.45) is 20.5 Å². The van der Waals surface area contributed by atoms with Crippen LogP contribution in [0.1, 0.15) is 0 Å². The number of phenolic OH excluding ortho intramolecular Hbond substituents is 4. The summed E-state index contributed by atoms with van der Waals surface area (Å²) in [5, 5.41) is 67.0. The number of nitrogens with zero attached hydrogens (tertiary/aromatic N) is 4. The molecule has 0 aliphatic rings. The lowest BCUT2D eigenvalue weighted by molar-refractivity contribution is 0.471. The maximum atomic E-state index is 12.4. The standard InChI is InChI=1S/C44H32N6O10S2/c51-37-21-25(11-17-35(37)47-49-41-39(61(55,56)57)23-27-19-31(13-15-33(27)43(41)53)45-29-7-3-1-4-8-29)26-12-18-36(38(52)22-26)48-50-42-40(62(58,59)60)24-28-20-32(14-16-34(28)44(42)54)46-30-9-5-2-6-10-30/h1-24,45-46,51-54H,(H,55,56,57)(H,58,59,60). The van der Waals surface area contributed by atoms with Crippen LogP contribution in [0.2, 0.25) is 0 Å². The van der Waals surface area contributed by atoms with Gasteiger partial charge < -0.3 is 31.1 Å². The maximum Gasteiger partial charge on any atom is 0.296 e. The Hall–Kier alpha value is -7.90. The van der Waals surface area contributed by atoms with Gasteiger partial charge in [-0.25, -0.2) is 0 Å². The Morgan fingerprint density at radius 3 is 1.15 bits per heavy atom. The molecule has 0 unspecified atom stereocenters. The number of para-hydroxylation sites is 2. The fourth-order valence-electron chi connectivity index (χ4n) is 6.60. The Morgan fingerprint density at radius 2 is 0.790 bits per heavy atom. The minimum absolute atomic E-state index is 0.139. The van der Waals surface area contributed by atoms with Crippen LogP contribution in [0.5, 0.6) is 23.0 Å². The molecule has 0 amide bonds. The van der Waals surface area contributed by atoms with E-state index in [4.69, 9.17) is 0 Å². The third kappa shape index (κ3) is 8.56. The van der Waals surface area contributed by atoms with E-state index >= 15 is 0 Å². The summed E-state index contributed by atoms with van der Waals surface area (Å²) in [4.78, 5) is -1.44. The lowest BCUT2D eigenvalue weighted by Gasteiger charge is -2.12. The average Bonchev–Trinajstić information content (AvgIpc) is 3.23. The lowest BCUT2D eigenvalue weighted by Crippen LogP contribution is -1.99. The summed E-state index contributed by atoms with van der Waals surface area (Å²) in [7, 11) is -9.84. The summed E-state index contributed by atoms with van der Waals surface area (Å²) in [6, 6.07) is 38.5. The average molecular weight is 869 g/mol. The second-order valence-corrected chi connectivity index (χ2v) is 16.5. The molecule has 8 aromatic rings. The fourth-order valence-corrected chi connectivity index (χ4v) is 7.92. The molecule has 310 valence electrons. The van der Waals surface area contributed by atoms with E-state index in [1.807, 2.05) is 60.7 Å². The van der Waals surface area contributed by atoms with Gasteiger partial charge in [0.25, 0.3) is 20.2 Å². The van der Waals surface area contributed by atoms with E-state index in [0.29, 0.717) is 22.5 Å². The van der Waals surface area contributed by atoms with E-state index in [1.165, 1.54) is 36.4 Å². The first-order valence-corrected chi connectivity index (χ1v) is 21.2. The molecule has 0 aliphatic heterocycles. The predicted octanol–water partition coefficient (Wildman–Crippen LogP) is 11.3.